The Morgan fingerprint density at radius 2 is 1.90 bits per heavy atom. The molecule has 0 aromatic heterocycles. The number of nitroso groups, excluding NO2 is 1. The highest BCUT2D eigenvalue weighted by molar-refractivity contribution is 5.83. The number of hydrogen-bond donors (Lipinski definition) is 1. The number of rotatable bonds is 7. The molecule has 1 N–H and O–H groups in total. The summed E-state index contributed by atoms with van der Waals surface area (Å²) in [6, 6.07) is 15.0. The Morgan fingerprint density at radius 1 is 1.15 bits per heavy atom. The number of hydrogen-bond acceptors (Lipinski definition) is 3. The van der Waals surface area contributed by atoms with E-state index in [0.29, 0.717) is 13.1 Å². The van der Waals surface area contributed by atoms with Gasteiger partial charge in [-0.25, -0.2) is 0 Å². The van der Waals surface area contributed by atoms with E-state index in [1.807, 2.05) is 0 Å². The van der Waals surface area contributed by atoms with Crippen LogP contribution in [0.2, 0.25) is 0 Å². The highest BCUT2D eigenvalue weighted by atomic mass is 16.3. The number of fused-ring (bicyclic) bond motifs is 1. The topological polar surface area (TPSA) is 41.5 Å². The van der Waals surface area contributed by atoms with Gasteiger partial charge in [-0.2, -0.15) is 4.91 Å². The minimum Gasteiger partial charge on any atom is -0.309 e. The second-order valence-corrected chi connectivity index (χ2v) is 5.55. The van der Waals surface area contributed by atoms with E-state index >= 15 is 0 Å². The summed E-state index contributed by atoms with van der Waals surface area (Å²) in [7, 11) is 0. The van der Waals surface area contributed by atoms with Crippen LogP contribution in [0.1, 0.15) is 25.8 Å². The Bertz CT molecular complexity index is 582. The standard InChI is InChI=1S/C17H22N2O/c1-3-17(2,18-10-11-19-20)13-14-8-9-15-6-4-5-7-16(15)12-14/h4-9,12,18H,3,10-11,13H2,1-2H3. The van der Waals surface area contributed by atoms with Gasteiger partial charge in [-0.15, -0.1) is 0 Å². The number of nitrogens with one attached hydrogen (secondary N) is 1. The van der Waals surface area contributed by atoms with Gasteiger partial charge in [0, 0.05) is 12.1 Å². The van der Waals surface area contributed by atoms with Crippen molar-refractivity contribution >= 4 is 10.8 Å². The van der Waals surface area contributed by atoms with Crippen molar-refractivity contribution in [3.63, 3.8) is 0 Å². The van der Waals surface area contributed by atoms with Gasteiger partial charge < -0.3 is 5.32 Å². The monoisotopic (exact) mass is 270 g/mol. The summed E-state index contributed by atoms with van der Waals surface area (Å²) in [5.41, 5.74) is 1.33. The molecule has 0 heterocycles. The Morgan fingerprint density at radius 3 is 2.60 bits per heavy atom. The maximum absolute atomic E-state index is 10.2. The average Bonchev–Trinajstić information content (AvgIpc) is 2.47. The maximum Gasteiger partial charge on any atom is 0.0935 e. The molecule has 0 amide bonds. The van der Waals surface area contributed by atoms with Gasteiger partial charge in [0.25, 0.3) is 0 Å². The van der Waals surface area contributed by atoms with E-state index in [2.05, 4.69) is 66.8 Å². The molecule has 2 aromatic rings. The lowest BCUT2D eigenvalue weighted by Crippen LogP contribution is -2.44. The summed E-state index contributed by atoms with van der Waals surface area (Å²) in [6.45, 7) is 5.34. The normalized spacial score (nSPS) is 14.1. The van der Waals surface area contributed by atoms with Gasteiger partial charge in [-0.1, -0.05) is 54.6 Å². The Balaban J connectivity index is 2.13. The van der Waals surface area contributed by atoms with Crippen LogP contribution in [0, 0.1) is 4.91 Å². The first kappa shape index (κ1) is 14.7. The van der Waals surface area contributed by atoms with Gasteiger partial charge in [0.05, 0.1) is 6.54 Å². The van der Waals surface area contributed by atoms with Crippen molar-refractivity contribution in [2.75, 3.05) is 13.1 Å². The molecule has 3 heteroatoms. The number of benzene rings is 2. The molecule has 0 bridgehead atoms. The minimum atomic E-state index is 0.00709. The van der Waals surface area contributed by atoms with Crippen LogP contribution < -0.4 is 5.32 Å². The lowest BCUT2D eigenvalue weighted by atomic mass is 9.89. The molecule has 2 aromatic carbocycles. The van der Waals surface area contributed by atoms with Gasteiger partial charge in [0.2, 0.25) is 0 Å². The smallest absolute Gasteiger partial charge is 0.0935 e. The van der Waals surface area contributed by atoms with Crippen LogP contribution in [0.15, 0.2) is 47.6 Å². The summed E-state index contributed by atoms with van der Waals surface area (Å²) in [5, 5.41) is 8.90. The van der Waals surface area contributed by atoms with Gasteiger partial charge in [0.1, 0.15) is 0 Å². The summed E-state index contributed by atoms with van der Waals surface area (Å²) in [4.78, 5) is 10.2. The zero-order valence-corrected chi connectivity index (χ0v) is 12.2. The van der Waals surface area contributed by atoms with Crippen molar-refractivity contribution in [3.8, 4) is 0 Å². The highest BCUT2D eigenvalue weighted by Gasteiger charge is 2.21. The minimum absolute atomic E-state index is 0.00709. The van der Waals surface area contributed by atoms with Crippen LogP contribution in [0.5, 0.6) is 0 Å². The molecule has 0 aliphatic carbocycles. The molecule has 0 saturated carbocycles. The van der Waals surface area contributed by atoms with E-state index in [1.165, 1.54) is 16.3 Å². The van der Waals surface area contributed by atoms with Crippen molar-refractivity contribution in [3.05, 3.63) is 52.9 Å². The second kappa shape index (κ2) is 6.62. The zero-order chi connectivity index (χ0) is 14.4. The predicted octanol–water partition coefficient (Wildman–Crippen LogP) is 3.91. The third-order valence-corrected chi connectivity index (χ3v) is 3.94. The van der Waals surface area contributed by atoms with Crippen molar-refractivity contribution in [1.82, 2.24) is 5.32 Å². The SMILES string of the molecule is CCC(C)(Cc1ccc2ccccc2c1)NCCN=O. The van der Waals surface area contributed by atoms with Gasteiger partial charge in [-0.05, 0) is 36.1 Å². The first-order valence-electron chi connectivity index (χ1n) is 7.19. The molecule has 20 heavy (non-hydrogen) atoms. The van der Waals surface area contributed by atoms with E-state index in [9.17, 15) is 4.91 Å². The van der Waals surface area contributed by atoms with E-state index in [0.717, 1.165) is 12.8 Å². The van der Waals surface area contributed by atoms with Gasteiger partial charge >= 0.3 is 0 Å². The van der Waals surface area contributed by atoms with Crippen molar-refractivity contribution in [1.29, 1.82) is 0 Å². The summed E-state index contributed by atoms with van der Waals surface area (Å²) < 4.78 is 0. The molecule has 0 radical (unpaired) electrons. The molecule has 1 unspecified atom stereocenters. The maximum atomic E-state index is 10.2. The second-order valence-electron chi connectivity index (χ2n) is 5.55. The van der Waals surface area contributed by atoms with Crippen LogP contribution in [0.4, 0.5) is 0 Å². The van der Waals surface area contributed by atoms with Crippen molar-refractivity contribution in [2.24, 2.45) is 5.18 Å². The van der Waals surface area contributed by atoms with Crippen LogP contribution in [0.25, 0.3) is 10.8 Å². The first-order chi connectivity index (χ1) is 9.67. The van der Waals surface area contributed by atoms with Crippen molar-refractivity contribution < 1.29 is 0 Å². The molecule has 0 saturated heterocycles. The lowest BCUT2D eigenvalue weighted by Gasteiger charge is -2.30. The quantitative estimate of drug-likeness (QED) is 0.612. The van der Waals surface area contributed by atoms with Gasteiger partial charge in [-0.3, -0.25) is 0 Å². The molecule has 0 aliphatic rings. The predicted molar refractivity (Wildman–Crippen MR) is 85.0 cm³/mol. The first-order valence-corrected chi connectivity index (χ1v) is 7.19. The van der Waals surface area contributed by atoms with Crippen molar-refractivity contribution in [2.45, 2.75) is 32.2 Å². The van der Waals surface area contributed by atoms with Gasteiger partial charge in [0.15, 0.2) is 0 Å². The third kappa shape index (κ3) is 3.64. The Hall–Kier alpha value is -1.74. The molecule has 2 rings (SSSR count). The van der Waals surface area contributed by atoms with E-state index in [-0.39, 0.29) is 5.54 Å². The van der Waals surface area contributed by atoms with E-state index < -0.39 is 0 Å². The molecule has 0 fully saturated rings. The molecule has 3 nitrogen and oxygen atoms in total. The largest absolute Gasteiger partial charge is 0.309 e. The zero-order valence-electron chi connectivity index (χ0n) is 12.2. The third-order valence-electron chi connectivity index (χ3n) is 3.94. The molecular weight excluding hydrogens is 248 g/mol. The average molecular weight is 270 g/mol. The molecule has 0 spiro atoms. The van der Waals surface area contributed by atoms with Crippen LogP contribution >= 0.6 is 0 Å². The van der Waals surface area contributed by atoms with E-state index in [1.54, 1.807) is 0 Å². The molecular formula is C17H22N2O. The summed E-state index contributed by atoms with van der Waals surface area (Å²) >= 11 is 0. The molecule has 1 atom stereocenters. The lowest BCUT2D eigenvalue weighted by molar-refractivity contribution is 0.345. The fraction of sp³-hybridized carbons (Fsp3) is 0.412. The Labute approximate surface area is 120 Å². The van der Waals surface area contributed by atoms with Crippen LogP contribution in [-0.2, 0) is 6.42 Å². The fourth-order valence-corrected chi connectivity index (χ4v) is 2.52. The van der Waals surface area contributed by atoms with Crippen LogP contribution in [-0.4, -0.2) is 18.6 Å². The fourth-order valence-electron chi connectivity index (χ4n) is 2.52. The van der Waals surface area contributed by atoms with Crippen LogP contribution in [0.3, 0.4) is 0 Å². The Kier molecular flexibility index (Phi) is 4.85. The summed E-state index contributed by atoms with van der Waals surface area (Å²) in [6.07, 6.45) is 1.96. The van der Waals surface area contributed by atoms with E-state index in [4.69, 9.17) is 0 Å². The number of nitrogens with zero attached hydrogens (tertiary/aromatic N) is 1. The highest BCUT2D eigenvalue weighted by Crippen LogP contribution is 2.21. The molecule has 0 aliphatic heterocycles. The molecule has 106 valence electrons. The summed E-state index contributed by atoms with van der Waals surface area (Å²) in [5.74, 6) is 0.